The summed E-state index contributed by atoms with van der Waals surface area (Å²) in [6.45, 7) is 6.11. The third-order valence-electron chi connectivity index (χ3n) is 2.01. The highest BCUT2D eigenvalue weighted by molar-refractivity contribution is 8.55. The molecule has 0 radical (unpaired) electrons. The summed E-state index contributed by atoms with van der Waals surface area (Å²) >= 11 is 1.35. The predicted molar refractivity (Wildman–Crippen MR) is 76.6 cm³/mol. The maximum Gasteiger partial charge on any atom is 0.389 e. The molecule has 0 fully saturated rings. The molecular weight excluding hydrogens is 390 g/mol. The lowest BCUT2D eigenvalue weighted by Gasteiger charge is -2.15. The number of halogens is 1. The molecule has 0 rings (SSSR count). The standard InChI is InChI=1S/C10H24O3PS2.HI/c1-5-12-14(11,13-6-2)15-9-10-16(7-3)8-4;/h5-10H2,1-4H3;1H/q+1;/p-1. The lowest BCUT2D eigenvalue weighted by molar-refractivity contribution is -0.00000779. The summed E-state index contributed by atoms with van der Waals surface area (Å²) in [5, 5.41) is 0. The van der Waals surface area contributed by atoms with Crippen LogP contribution in [-0.2, 0) is 24.5 Å². The molecule has 0 atom stereocenters. The summed E-state index contributed by atoms with van der Waals surface area (Å²) in [4.78, 5) is 0. The van der Waals surface area contributed by atoms with E-state index in [9.17, 15) is 4.57 Å². The third-order valence-corrected chi connectivity index (χ3v) is 8.67. The van der Waals surface area contributed by atoms with E-state index in [2.05, 4.69) is 13.8 Å². The molecule has 0 amide bonds. The molecule has 0 aliphatic rings. The second kappa shape index (κ2) is 12.6. The van der Waals surface area contributed by atoms with Crippen LogP contribution >= 0.6 is 18.2 Å². The summed E-state index contributed by atoms with van der Waals surface area (Å²) in [5.41, 5.74) is 0. The van der Waals surface area contributed by atoms with Crippen LogP contribution in [0.25, 0.3) is 0 Å². The van der Waals surface area contributed by atoms with E-state index in [0.717, 1.165) is 11.5 Å². The zero-order valence-electron chi connectivity index (χ0n) is 11.1. The summed E-state index contributed by atoms with van der Waals surface area (Å²) in [6.07, 6.45) is 0. The molecule has 0 heterocycles. The van der Waals surface area contributed by atoms with Crippen molar-refractivity contribution in [2.75, 3.05) is 36.2 Å². The van der Waals surface area contributed by atoms with Crippen LogP contribution in [0, 0.1) is 0 Å². The Labute approximate surface area is 130 Å². The van der Waals surface area contributed by atoms with Gasteiger partial charge in [-0.15, -0.1) is 0 Å². The molecule has 7 heteroatoms. The van der Waals surface area contributed by atoms with Gasteiger partial charge in [0.25, 0.3) is 0 Å². The van der Waals surface area contributed by atoms with Gasteiger partial charge in [0.15, 0.2) is 0 Å². The van der Waals surface area contributed by atoms with Crippen LogP contribution in [0.4, 0.5) is 0 Å². The monoisotopic (exact) mass is 414 g/mol. The van der Waals surface area contributed by atoms with Gasteiger partial charge in [-0.25, -0.2) is 4.57 Å². The molecule has 17 heavy (non-hydrogen) atoms. The fraction of sp³-hybridized carbons (Fsp3) is 1.00. The zero-order valence-corrected chi connectivity index (χ0v) is 15.8. The van der Waals surface area contributed by atoms with E-state index in [1.165, 1.54) is 22.9 Å². The van der Waals surface area contributed by atoms with Gasteiger partial charge in [-0.05, 0) is 50.0 Å². The highest BCUT2D eigenvalue weighted by Gasteiger charge is 2.25. The second-order valence-electron chi connectivity index (χ2n) is 3.01. The van der Waals surface area contributed by atoms with Gasteiger partial charge in [-0.1, -0.05) is 0 Å². The SMILES string of the molecule is CCOP(=O)(OCC)SCC[S+](CC)CC.[I-]. The van der Waals surface area contributed by atoms with Crippen LogP contribution in [-0.4, -0.2) is 36.2 Å². The van der Waals surface area contributed by atoms with Crippen molar-refractivity contribution in [1.29, 1.82) is 0 Å². The molecule has 0 N–H and O–H groups in total. The van der Waals surface area contributed by atoms with Crippen LogP contribution in [0.2, 0.25) is 0 Å². The number of hydrogen-bond acceptors (Lipinski definition) is 4. The predicted octanol–water partition coefficient (Wildman–Crippen LogP) is 0.563. The quantitative estimate of drug-likeness (QED) is 0.298. The van der Waals surface area contributed by atoms with E-state index < -0.39 is 6.80 Å². The van der Waals surface area contributed by atoms with Gasteiger partial charge in [-0.3, -0.25) is 0 Å². The minimum Gasteiger partial charge on any atom is -1.00 e. The first kappa shape index (κ1) is 20.9. The van der Waals surface area contributed by atoms with E-state index in [0.29, 0.717) is 24.1 Å². The topological polar surface area (TPSA) is 35.5 Å². The van der Waals surface area contributed by atoms with Gasteiger partial charge in [0.05, 0.1) is 13.2 Å². The molecule has 0 aromatic heterocycles. The maximum atomic E-state index is 12.1. The molecule has 0 aromatic rings. The Kier molecular flexibility index (Phi) is 15.5. The number of rotatable bonds is 10. The Bertz CT molecular complexity index is 206. The highest BCUT2D eigenvalue weighted by atomic mass is 127. The molecule has 0 unspecified atom stereocenters. The van der Waals surface area contributed by atoms with Crippen molar-refractivity contribution in [3.8, 4) is 0 Å². The fourth-order valence-corrected chi connectivity index (χ4v) is 6.92. The lowest BCUT2D eigenvalue weighted by Crippen LogP contribution is -3.00. The minimum absolute atomic E-state index is 0. The largest absolute Gasteiger partial charge is 1.00 e. The molecule has 0 aliphatic heterocycles. The van der Waals surface area contributed by atoms with E-state index in [1.54, 1.807) is 0 Å². The Morgan fingerprint density at radius 3 is 1.88 bits per heavy atom. The molecular formula is C10H24IO3PS2. The van der Waals surface area contributed by atoms with Gasteiger partial charge in [0.1, 0.15) is 17.3 Å². The van der Waals surface area contributed by atoms with E-state index >= 15 is 0 Å². The highest BCUT2D eigenvalue weighted by Crippen LogP contribution is 2.60. The molecule has 0 aliphatic carbocycles. The van der Waals surface area contributed by atoms with Crippen LogP contribution in [0.15, 0.2) is 0 Å². The molecule has 0 spiro atoms. The lowest BCUT2D eigenvalue weighted by atomic mass is 10.9. The van der Waals surface area contributed by atoms with Crippen molar-refractivity contribution in [3.63, 3.8) is 0 Å². The summed E-state index contributed by atoms with van der Waals surface area (Å²) in [5.74, 6) is 4.40. The molecule has 0 saturated heterocycles. The van der Waals surface area contributed by atoms with Gasteiger partial charge >= 0.3 is 6.80 Å². The van der Waals surface area contributed by atoms with Crippen molar-refractivity contribution in [3.05, 3.63) is 0 Å². The van der Waals surface area contributed by atoms with Gasteiger partial charge < -0.3 is 33.0 Å². The molecule has 0 aromatic carbocycles. The summed E-state index contributed by atoms with van der Waals surface area (Å²) in [7, 11) is 0.466. The average molecular weight is 414 g/mol. The Morgan fingerprint density at radius 1 is 1.06 bits per heavy atom. The molecule has 106 valence electrons. The third kappa shape index (κ3) is 10.1. The fourth-order valence-electron chi connectivity index (χ4n) is 1.19. The molecule has 3 nitrogen and oxygen atoms in total. The van der Waals surface area contributed by atoms with Crippen LogP contribution in [0.1, 0.15) is 27.7 Å². The van der Waals surface area contributed by atoms with Gasteiger partial charge in [0.2, 0.25) is 0 Å². The van der Waals surface area contributed by atoms with Crippen molar-refractivity contribution >= 4 is 29.1 Å². The maximum absolute atomic E-state index is 12.1. The van der Waals surface area contributed by atoms with Crippen molar-refractivity contribution in [2.24, 2.45) is 0 Å². The van der Waals surface area contributed by atoms with E-state index in [1.807, 2.05) is 13.8 Å². The number of hydrogen-bond donors (Lipinski definition) is 0. The Morgan fingerprint density at radius 2 is 1.53 bits per heavy atom. The molecule has 0 bridgehead atoms. The Balaban J connectivity index is 0. The van der Waals surface area contributed by atoms with Crippen molar-refractivity contribution < 1.29 is 37.6 Å². The minimum atomic E-state index is -2.88. The van der Waals surface area contributed by atoms with E-state index in [-0.39, 0.29) is 24.0 Å². The van der Waals surface area contributed by atoms with Crippen LogP contribution in [0.3, 0.4) is 0 Å². The normalized spacial score (nSPS) is 11.6. The smallest absolute Gasteiger partial charge is 0.389 e. The molecule has 0 saturated carbocycles. The van der Waals surface area contributed by atoms with Crippen molar-refractivity contribution in [1.82, 2.24) is 0 Å². The zero-order chi connectivity index (χ0) is 12.4. The first-order valence-electron chi connectivity index (χ1n) is 5.79. The Hall–Kier alpha value is 1.58. The van der Waals surface area contributed by atoms with Crippen LogP contribution in [0.5, 0.6) is 0 Å². The first-order chi connectivity index (χ1) is 7.61. The second-order valence-corrected chi connectivity index (χ2v) is 9.99. The van der Waals surface area contributed by atoms with Gasteiger partial charge in [0, 0.05) is 5.75 Å². The van der Waals surface area contributed by atoms with Crippen molar-refractivity contribution in [2.45, 2.75) is 27.7 Å². The van der Waals surface area contributed by atoms with Crippen LogP contribution < -0.4 is 24.0 Å². The van der Waals surface area contributed by atoms with E-state index in [4.69, 9.17) is 9.05 Å². The average Bonchev–Trinajstić information content (AvgIpc) is 2.25. The first-order valence-corrected chi connectivity index (χ1v) is 10.7. The summed E-state index contributed by atoms with van der Waals surface area (Å²) in [6, 6.07) is 0. The summed E-state index contributed by atoms with van der Waals surface area (Å²) < 4.78 is 22.5. The van der Waals surface area contributed by atoms with Gasteiger partial charge in [-0.2, -0.15) is 0 Å².